The summed E-state index contributed by atoms with van der Waals surface area (Å²) in [5, 5.41) is 15.2. The summed E-state index contributed by atoms with van der Waals surface area (Å²) in [6, 6.07) is 15.6. The van der Waals surface area contributed by atoms with E-state index in [1.807, 2.05) is 12.1 Å². The number of benzene rings is 3. The lowest BCUT2D eigenvalue weighted by Gasteiger charge is -2.13. The molecule has 5 heteroatoms. The van der Waals surface area contributed by atoms with Crippen LogP contribution in [0.25, 0.3) is 10.8 Å². The normalized spacial score (nSPS) is 13.6. The van der Waals surface area contributed by atoms with Crippen LogP contribution in [0.2, 0.25) is 5.02 Å². The maximum Gasteiger partial charge on any atom is 0.337 e. The number of hydrogen-bond acceptors (Lipinski definition) is 3. The third-order valence-electron chi connectivity index (χ3n) is 4.71. The molecule has 0 aromatic heterocycles. The lowest BCUT2D eigenvalue weighted by atomic mass is 10.0. The molecule has 0 bridgehead atoms. The third-order valence-corrected chi connectivity index (χ3v) is 5.01. The van der Waals surface area contributed by atoms with E-state index in [2.05, 4.69) is 29.6 Å². The first kappa shape index (κ1) is 16.7. The van der Waals surface area contributed by atoms with Crippen LogP contribution in [-0.2, 0) is 0 Å². The van der Waals surface area contributed by atoms with Gasteiger partial charge in [0.2, 0.25) is 0 Å². The van der Waals surface area contributed by atoms with Crippen molar-refractivity contribution in [2.45, 2.75) is 18.8 Å². The number of halogens is 1. The predicted octanol–water partition coefficient (Wildman–Crippen LogP) is 5.82. The fourth-order valence-corrected chi connectivity index (χ4v) is 3.40. The van der Waals surface area contributed by atoms with Gasteiger partial charge in [0.25, 0.3) is 0 Å². The molecular formula is C21H18ClNO3. The largest absolute Gasteiger partial charge is 0.495 e. The van der Waals surface area contributed by atoms with Crippen LogP contribution in [0.5, 0.6) is 5.75 Å². The summed E-state index contributed by atoms with van der Waals surface area (Å²) in [7, 11) is 1.50. The maximum atomic E-state index is 11.5. The number of carbonyl (C=O) groups is 1. The quantitative estimate of drug-likeness (QED) is 0.596. The number of methoxy groups -OCH3 is 1. The molecule has 132 valence electrons. The molecule has 1 saturated carbocycles. The van der Waals surface area contributed by atoms with Gasteiger partial charge < -0.3 is 15.2 Å². The van der Waals surface area contributed by atoms with Gasteiger partial charge in [0.05, 0.1) is 23.4 Å². The van der Waals surface area contributed by atoms with Crippen LogP contribution in [0.15, 0.2) is 48.5 Å². The smallest absolute Gasteiger partial charge is 0.337 e. The van der Waals surface area contributed by atoms with Gasteiger partial charge in [-0.15, -0.1) is 0 Å². The Labute approximate surface area is 156 Å². The van der Waals surface area contributed by atoms with Crippen LogP contribution >= 0.6 is 11.6 Å². The highest BCUT2D eigenvalue weighted by Crippen LogP contribution is 2.41. The van der Waals surface area contributed by atoms with E-state index in [0.29, 0.717) is 11.4 Å². The van der Waals surface area contributed by atoms with Gasteiger partial charge in [0, 0.05) is 11.8 Å². The van der Waals surface area contributed by atoms with E-state index in [1.165, 1.54) is 37.0 Å². The lowest BCUT2D eigenvalue weighted by molar-refractivity contribution is 0.0698. The van der Waals surface area contributed by atoms with Gasteiger partial charge in [-0.05, 0) is 53.3 Å². The number of aromatic carboxylic acids is 1. The van der Waals surface area contributed by atoms with Crippen molar-refractivity contribution >= 4 is 39.7 Å². The Kier molecular flexibility index (Phi) is 4.21. The first-order valence-electron chi connectivity index (χ1n) is 8.47. The molecule has 3 aromatic rings. The van der Waals surface area contributed by atoms with Crippen LogP contribution in [0.1, 0.15) is 34.7 Å². The average molecular weight is 368 g/mol. The van der Waals surface area contributed by atoms with E-state index in [4.69, 9.17) is 16.3 Å². The lowest BCUT2D eigenvalue weighted by Crippen LogP contribution is -2.03. The fourth-order valence-electron chi connectivity index (χ4n) is 3.16. The van der Waals surface area contributed by atoms with Crippen molar-refractivity contribution in [3.05, 3.63) is 64.7 Å². The number of hydrogen-bond donors (Lipinski definition) is 2. The van der Waals surface area contributed by atoms with Gasteiger partial charge in [-0.2, -0.15) is 0 Å². The summed E-state index contributed by atoms with van der Waals surface area (Å²) in [5.41, 5.74) is 2.74. The minimum Gasteiger partial charge on any atom is -0.495 e. The molecule has 2 N–H and O–H groups in total. The number of carboxylic acids is 1. The Bertz CT molecular complexity index is 1010. The predicted molar refractivity (Wildman–Crippen MR) is 104 cm³/mol. The van der Waals surface area contributed by atoms with Gasteiger partial charge in [0.15, 0.2) is 0 Å². The van der Waals surface area contributed by atoms with E-state index in [0.717, 1.165) is 17.0 Å². The van der Waals surface area contributed by atoms with Gasteiger partial charge in [-0.25, -0.2) is 4.79 Å². The van der Waals surface area contributed by atoms with E-state index < -0.39 is 5.97 Å². The fraction of sp³-hybridized carbons (Fsp3) is 0.190. The standard InChI is InChI=1S/C21H18ClNO3/c1-26-20-11-19(17(21(24)25)10-18(20)22)23-16-7-6-14-8-13(12-2-3-12)4-5-15(14)9-16/h4-12,23H,2-3H2,1H3,(H,24,25). The van der Waals surface area contributed by atoms with E-state index in [1.54, 1.807) is 6.07 Å². The molecule has 0 atom stereocenters. The van der Waals surface area contributed by atoms with Crippen LogP contribution in [0, 0.1) is 0 Å². The summed E-state index contributed by atoms with van der Waals surface area (Å²) in [6.07, 6.45) is 2.56. The molecule has 4 nitrogen and oxygen atoms in total. The molecule has 26 heavy (non-hydrogen) atoms. The van der Waals surface area contributed by atoms with E-state index in [-0.39, 0.29) is 10.6 Å². The number of ether oxygens (including phenoxy) is 1. The SMILES string of the molecule is COc1cc(Nc2ccc3cc(C4CC4)ccc3c2)c(C(=O)O)cc1Cl. The summed E-state index contributed by atoms with van der Waals surface area (Å²) in [4.78, 5) is 11.5. The molecule has 1 aliphatic rings. The Morgan fingerprint density at radius 1 is 1.12 bits per heavy atom. The topological polar surface area (TPSA) is 58.6 Å². The molecule has 0 radical (unpaired) electrons. The average Bonchev–Trinajstić information content (AvgIpc) is 3.47. The monoisotopic (exact) mass is 367 g/mol. The minimum atomic E-state index is -1.05. The van der Waals surface area contributed by atoms with Gasteiger partial charge in [-0.3, -0.25) is 0 Å². The zero-order chi connectivity index (χ0) is 18.3. The van der Waals surface area contributed by atoms with Crippen molar-refractivity contribution in [2.75, 3.05) is 12.4 Å². The molecular weight excluding hydrogens is 350 g/mol. The second-order valence-corrected chi connectivity index (χ2v) is 6.97. The van der Waals surface area contributed by atoms with Crippen molar-refractivity contribution in [3.63, 3.8) is 0 Å². The molecule has 3 aromatic carbocycles. The van der Waals surface area contributed by atoms with E-state index >= 15 is 0 Å². The van der Waals surface area contributed by atoms with Crippen molar-refractivity contribution in [1.82, 2.24) is 0 Å². The summed E-state index contributed by atoms with van der Waals surface area (Å²) in [6.45, 7) is 0. The first-order valence-corrected chi connectivity index (χ1v) is 8.84. The van der Waals surface area contributed by atoms with Gasteiger partial charge >= 0.3 is 5.97 Å². The van der Waals surface area contributed by atoms with Crippen LogP contribution in [0.3, 0.4) is 0 Å². The summed E-state index contributed by atoms with van der Waals surface area (Å²) in [5.74, 6) is 0.0952. The molecule has 0 heterocycles. The number of fused-ring (bicyclic) bond motifs is 1. The molecule has 0 aliphatic heterocycles. The third kappa shape index (κ3) is 3.20. The molecule has 0 spiro atoms. The highest BCUT2D eigenvalue weighted by molar-refractivity contribution is 6.32. The van der Waals surface area contributed by atoms with Crippen molar-refractivity contribution in [3.8, 4) is 5.75 Å². The molecule has 1 fully saturated rings. The molecule has 1 aliphatic carbocycles. The molecule has 0 saturated heterocycles. The Hall–Kier alpha value is -2.72. The number of carboxylic acid groups (broad SMARTS) is 1. The molecule has 4 rings (SSSR count). The number of nitrogens with one attached hydrogen (secondary N) is 1. The zero-order valence-corrected chi connectivity index (χ0v) is 15.0. The second-order valence-electron chi connectivity index (χ2n) is 6.56. The van der Waals surface area contributed by atoms with Crippen LogP contribution in [-0.4, -0.2) is 18.2 Å². The van der Waals surface area contributed by atoms with Crippen LogP contribution in [0.4, 0.5) is 11.4 Å². The first-order chi connectivity index (χ1) is 12.5. The minimum absolute atomic E-state index is 0.0972. The van der Waals surface area contributed by atoms with Gasteiger partial charge in [0.1, 0.15) is 5.75 Å². The molecule has 0 amide bonds. The van der Waals surface area contributed by atoms with Crippen molar-refractivity contribution in [1.29, 1.82) is 0 Å². The highest BCUT2D eigenvalue weighted by atomic mass is 35.5. The second kappa shape index (κ2) is 6.54. The highest BCUT2D eigenvalue weighted by Gasteiger charge is 2.23. The van der Waals surface area contributed by atoms with Crippen molar-refractivity contribution in [2.24, 2.45) is 0 Å². The maximum absolute atomic E-state index is 11.5. The van der Waals surface area contributed by atoms with Crippen LogP contribution < -0.4 is 10.1 Å². The number of anilines is 2. The summed E-state index contributed by atoms with van der Waals surface area (Å²) < 4.78 is 5.20. The summed E-state index contributed by atoms with van der Waals surface area (Å²) >= 11 is 6.06. The Morgan fingerprint density at radius 2 is 1.85 bits per heavy atom. The van der Waals surface area contributed by atoms with Gasteiger partial charge in [-0.1, -0.05) is 35.9 Å². The van der Waals surface area contributed by atoms with Crippen molar-refractivity contribution < 1.29 is 14.6 Å². The Morgan fingerprint density at radius 3 is 2.54 bits per heavy atom. The van der Waals surface area contributed by atoms with E-state index in [9.17, 15) is 9.90 Å². The number of rotatable bonds is 5. The molecule has 0 unspecified atom stereocenters. The Balaban J connectivity index is 1.70. The zero-order valence-electron chi connectivity index (χ0n) is 14.3.